The molecule has 39 heavy (non-hydrogen) atoms. The second-order valence-electron chi connectivity index (χ2n) is 8.17. The highest BCUT2D eigenvalue weighted by Gasteiger charge is 2.28. The summed E-state index contributed by atoms with van der Waals surface area (Å²) in [7, 11) is 0.207. The Labute approximate surface area is 228 Å². The molecule has 0 aliphatic carbocycles. The first-order valence-electron chi connectivity index (χ1n) is 11.8. The number of hydrogen-bond acceptors (Lipinski definition) is 8. The quantitative estimate of drug-likeness (QED) is 0.194. The predicted molar refractivity (Wildman–Crippen MR) is 150 cm³/mol. The minimum absolute atomic E-state index is 0.0668. The van der Waals surface area contributed by atoms with Crippen LogP contribution in [0.5, 0.6) is 23.0 Å². The van der Waals surface area contributed by atoms with E-state index in [-0.39, 0.29) is 10.6 Å². The lowest BCUT2D eigenvalue weighted by Gasteiger charge is -2.24. The van der Waals surface area contributed by atoms with Crippen molar-refractivity contribution in [2.45, 2.75) is 11.8 Å². The van der Waals surface area contributed by atoms with Crippen LogP contribution in [-0.2, 0) is 14.8 Å². The van der Waals surface area contributed by atoms with E-state index < -0.39 is 22.5 Å². The molecule has 11 heteroatoms. The second kappa shape index (κ2) is 13.3. The predicted octanol–water partition coefficient (Wildman–Crippen LogP) is 3.93. The van der Waals surface area contributed by atoms with Crippen molar-refractivity contribution in [3.05, 3.63) is 84.4 Å². The number of ether oxygens (including phenoxy) is 4. The van der Waals surface area contributed by atoms with Gasteiger partial charge in [0.25, 0.3) is 15.9 Å². The highest BCUT2D eigenvalue weighted by Crippen LogP contribution is 2.32. The first-order chi connectivity index (χ1) is 18.7. The standard InChI is InChI=1S/C28H31N3O7S/c1-6-15-38-25-13-9-21(16-26(25)36-4)18-29-30-28(32)19-31(22-10-7-20(2)8-11-22)39(33,34)23-12-14-24(35-3)27(17-23)37-5/h6-14,16-18H,1,15,19H2,2-5H3,(H,30,32)/b29-18-. The molecule has 3 rings (SSSR count). The normalized spacial score (nSPS) is 11.1. The monoisotopic (exact) mass is 553 g/mol. The largest absolute Gasteiger partial charge is 0.493 e. The first kappa shape index (κ1) is 29.1. The van der Waals surface area contributed by atoms with E-state index in [0.29, 0.717) is 35.1 Å². The van der Waals surface area contributed by atoms with Gasteiger partial charge in [-0.1, -0.05) is 30.4 Å². The maximum atomic E-state index is 13.7. The van der Waals surface area contributed by atoms with Gasteiger partial charge in [0.05, 0.1) is 38.1 Å². The summed E-state index contributed by atoms with van der Waals surface area (Å²) >= 11 is 0. The lowest BCUT2D eigenvalue weighted by molar-refractivity contribution is -0.119. The second-order valence-corrected chi connectivity index (χ2v) is 10.0. The van der Waals surface area contributed by atoms with Gasteiger partial charge in [0.15, 0.2) is 23.0 Å². The number of carbonyl (C=O) groups excluding carboxylic acids is 1. The van der Waals surface area contributed by atoms with Crippen LogP contribution in [-0.4, -0.2) is 55.0 Å². The van der Waals surface area contributed by atoms with Gasteiger partial charge in [0, 0.05) is 6.07 Å². The number of carbonyl (C=O) groups is 1. The summed E-state index contributed by atoms with van der Waals surface area (Å²) in [4.78, 5) is 12.8. The van der Waals surface area contributed by atoms with E-state index in [4.69, 9.17) is 18.9 Å². The van der Waals surface area contributed by atoms with Crippen LogP contribution in [0.25, 0.3) is 0 Å². The molecule has 1 amide bonds. The van der Waals surface area contributed by atoms with E-state index in [1.807, 2.05) is 6.92 Å². The number of hydrazone groups is 1. The Morgan fingerprint density at radius 1 is 0.923 bits per heavy atom. The first-order valence-corrected chi connectivity index (χ1v) is 13.2. The Balaban J connectivity index is 1.83. The fraction of sp³-hybridized carbons (Fsp3) is 0.214. The lowest BCUT2D eigenvalue weighted by Crippen LogP contribution is -2.39. The number of sulfonamides is 1. The fourth-order valence-electron chi connectivity index (χ4n) is 3.51. The van der Waals surface area contributed by atoms with Crippen molar-refractivity contribution in [1.29, 1.82) is 0 Å². The number of hydrogen-bond donors (Lipinski definition) is 1. The van der Waals surface area contributed by atoms with Crippen LogP contribution in [0.4, 0.5) is 5.69 Å². The summed E-state index contributed by atoms with van der Waals surface area (Å²) in [6, 6.07) is 16.2. The molecule has 0 spiro atoms. The van der Waals surface area contributed by atoms with Gasteiger partial charge in [-0.25, -0.2) is 13.8 Å². The van der Waals surface area contributed by atoms with Gasteiger partial charge in [-0.05, 0) is 55.0 Å². The van der Waals surface area contributed by atoms with Crippen LogP contribution >= 0.6 is 0 Å². The van der Waals surface area contributed by atoms with Gasteiger partial charge >= 0.3 is 0 Å². The SMILES string of the molecule is C=CCOc1ccc(/C=N\NC(=O)CN(c2ccc(C)cc2)S(=O)(=O)c2ccc(OC)c(OC)c2)cc1OC. The molecule has 206 valence electrons. The van der Waals surface area contributed by atoms with Crippen molar-refractivity contribution >= 4 is 27.8 Å². The van der Waals surface area contributed by atoms with Crippen LogP contribution in [0.1, 0.15) is 11.1 Å². The maximum Gasteiger partial charge on any atom is 0.264 e. The molecule has 0 radical (unpaired) electrons. The highest BCUT2D eigenvalue weighted by molar-refractivity contribution is 7.92. The number of benzene rings is 3. The minimum atomic E-state index is -4.17. The van der Waals surface area contributed by atoms with Crippen LogP contribution in [0.3, 0.4) is 0 Å². The van der Waals surface area contributed by atoms with E-state index in [1.54, 1.807) is 48.5 Å². The average Bonchev–Trinajstić information content (AvgIpc) is 2.95. The third-order valence-electron chi connectivity index (χ3n) is 5.50. The summed E-state index contributed by atoms with van der Waals surface area (Å²) < 4.78 is 49.7. The van der Waals surface area contributed by atoms with Gasteiger partial charge < -0.3 is 18.9 Å². The van der Waals surface area contributed by atoms with E-state index >= 15 is 0 Å². The number of nitrogens with zero attached hydrogens (tertiary/aromatic N) is 2. The highest BCUT2D eigenvalue weighted by atomic mass is 32.2. The van der Waals surface area contributed by atoms with E-state index in [1.165, 1.54) is 45.7 Å². The van der Waals surface area contributed by atoms with Gasteiger partial charge in [-0.3, -0.25) is 9.10 Å². The number of aryl methyl sites for hydroxylation is 1. The summed E-state index contributed by atoms with van der Waals surface area (Å²) in [6.45, 7) is 5.30. The summed E-state index contributed by atoms with van der Waals surface area (Å²) in [6.07, 6.45) is 3.03. The molecule has 0 fully saturated rings. The third-order valence-corrected chi connectivity index (χ3v) is 7.27. The smallest absolute Gasteiger partial charge is 0.264 e. The molecule has 0 saturated carbocycles. The molecule has 10 nitrogen and oxygen atoms in total. The number of methoxy groups -OCH3 is 3. The Kier molecular flexibility index (Phi) is 9.93. The molecule has 3 aromatic carbocycles. The van der Waals surface area contributed by atoms with Crippen LogP contribution in [0.2, 0.25) is 0 Å². The van der Waals surface area contributed by atoms with Gasteiger partial charge in [-0.15, -0.1) is 0 Å². The minimum Gasteiger partial charge on any atom is -0.493 e. The maximum absolute atomic E-state index is 13.7. The molecule has 0 heterocycles. The zero-order chi connectivity index (χ0) is 28.4. The molecule has 0 unspecified atom stereocenters. The summed E-state index contributed by atoms with van der Waals surface area (Å²) in [5.74, 6) is 0.996. The van der Waals surface area contributed by atoms with Crippen molar-refractivity contribution in [2.24, 2.45) is 5.10 Å². The Hall–Kier alpha value is -4.51. The Morgan fingerprint density at radius 2 is 1.56 bits per heavy atom. The number of anilines is 1. The Bertz CT molecular complexity index is 1440. The molecule has 0 atom stereocenters. The molecule has 0 bridgehead atoms. The van der Waals surface area contributed by atoms with E-state index in [0.717, 1.165) is 9.87 Å². The van der Waals surface area contributed by atoms with Crippen LogP contribution in [0, 0.1) is 6.92 Å². The van der Waals surface area contributed by atoms with Gasteiger partial charge in [0.1, 0.15) is 13.2 Å². The van der Waals surface area contributed by atoms with E-state index in [2.05, 4.69) is 17.1 Å². The van der Waals surface area contributed by atoms with Gasteiger partial charge in [-0.2, -0.15) is 5.10 Å². The van der Waals surface area contributed by atoms with Crippen molar-refractivity contribution < 1.29 is 32.2 Å². The molecule has 0 aromatic heterocycles. The fourth-order valence-corrected chi connectivity index (χ4v) is 4.94. The number of nitrogens with one attached hydrogen (secondary N) is 1. The molecule has 0 saturated heterocycles. The van der Waals surface area contributed by atoms with Crippen LogP contribution < -0.4 is 28.7 Å². The third kappa shape index (κ3) is 7.29. The summed E-state index contributed by atoms with van der Waals surface area (Å²) in [5.41, 5.74) is 4.27. The number of rotatable bonds is 13. The Morgan fingerprint density at radius 3 is 2.21 bits per heavy atom. The number of amides is 1. The molecular formula is C28H31N3O7S. The molecule has 1 N–H and O–H groups in total. The molecule has 0 aliphatic heterocycles. The van der Waals surface area contributed by atoms with Crippen molar-refractivity contribution in [2.75, 3.05) is 38.8 Å². The van der Waals surface area contributed by atoms with Crippen molar-refractivity contribution in [1.82, 2.24) is 5.43 Å². The van der Waals surface area contributed by atoms with E-state index in [9.17, 15) is 13.2 Å². The van der Waals surface area contributed by atoms with Crippen LogP contribution in [0.15, 0.2) is 83.3 Å². The average molecular weight is 554 g/mol. The summed E-state index contributed by atoms with van der Waals surface area (Å²) in [5, 5.41) is 3.98. The topological polar surface area (TPSA) is 116 Å². The lowest BCUT2D eigenvalue weighted by atomic mass is 10.2. The zero-order valence-corrected chi connectivity index (χ0v) is 23.0. The van der Waals surface area contributed by atoms with Crippen molar-refractivity contribution in [3.8, 4) is 23.0 Å². The zero-order valence-electron chi connectivity index (χ0n) is 22.2. The molecular weight excluding hydrogens is 522 g/mol. The molecule has 3 aromatic rings. The van der Waals surface area contributed by atoms with Gasteiger partial charge in [0.2, 0.25) is 0 Å². The molecule has 0 aliphatic rings. The van der Waals surface area contributed by atoms with Crippen molar-refractivity contribution in [3.63, 3.8) is 0 Å².